The molecule has 0 aromatic heterocycles. The fourth-order valence-corrected chi connectivity index (χ4v) is 3.81. The van der Waals surface area contributed by atoms with Gasteiger partial charge in [-0.15, -0.1) is 0 Å². The maximum absolute atomic E-state index is 13.0. The summed E-state index contributed by atoms with van der Waals surface area (Å²) in [5.41, 5.74) is 1.72. The first-order chi connectivity index (χ1) is 12.8. The molecule has 0 aliphatic rings. The summed E-state index contributed by atoms with van der Waals surface area (Å²) in [7, 11) is -3.82. The van der Waals surface area contributed by atoms with Crippen molar-refractivity contribution in [2.24, 2.45) is 0 Å². The minimum absolute atomic E-state index is 0.0549. The third-order valence-corrected chi connectivity index (χ3v) is 5.57. The molecule has 0 fully saturated rings. The maximum Gasteiger partial charge on any atom is 0.243 e. The maximum atomic E-state index is 13.0. The van der Waals surface area contributed by atoms with Crippen LogP contribution in [0.1, 0.15) is 18.1 Å². The van der Waals surface area contributed by atoms with Crippen LogP contribution in [0.15, 0.2) is 59.5 Å². The number of aryl methyl sites for hydroxylation is 1. The van der Waals surface area contributed by atoms with E-state index in [0.29, 0.717) is 5.92 Å². The number of nitro groups is 1. The standard InChI is InChI=1S/C20H21N2O4S/c1-17-10-12-20(13-11-17)27(25,26)21(15-18(2)16-22(23)24)14-6-9-19-7-4-3-5-8-19/h3-5,7-8,10-13H,14-16H2,1-2H3. The number of hydrogen-bond acceptors (Lipinski definition) is 4. The molecule has 2 aromatic carbocycles. The van der Waals surface area contributed by atoms with Gasteiger partial charge in [-0.1, -0.05) is 54.7 Å². The van der Waals surface area contributed by atoms with Crippen molar-refractivity contribution < 1.29 is 13.3 Å². The molecule has 0 spiro atoms. The predicted octanol–water partition coefficient (Wildman–Crippen LogP) is 2.91. The molecule has 0 saturated heterocycles. The molecule has 0 N–H and O–H groups in total. The summed E-state index contributed by atoms with van der Waals surface area (Å²) in [6.07, 6.45) is 0. The van der Waals surface area contributed by atoms with Crippen LogP contribution in [0, 0.1) is 34.8 Å². The van der Waals surface area contributed by atoms with Crippen LogP contribution in [0.2, 0.25) is 0 Å². The van der Waals surface area contributed by atoms with E-state index in [1.807, 2.05) is 37.3 Å². The van der Waals surface area contributed by atoms with Gasteiger partial charge in [0, 0.05) is 17.0 Å². The zero-order valence-corrected chi connectivity index (χ0v) is 16.1. The molecule has 7 heteroatoms. The summed E-state index contributed by atoms with van der Waals surface area (Å²) >= 11 is 0. The Morgan fingerprint density at radius 3 is 2.33 bits per heavy atom. The summed E-state index contributed by atoms with van der Waals surface area (Å²) < 4.78 is 27.1. The Morgan fingerprint density at radius 1 is 1.11 bits per heavy atom. The van der Waals surface area contributed by atoms with E-state index >= 15 is 0 Å². The van der Waals surface area contributed by atoms with Crippen molar-refractivity contribution >= 4 is 10.0 Å². The van der Waals surface area contributed by atoms with Gasteiger partial charge in [0.25, 0.3) is 0 Å². The van der Waals surface area contributed by atoms with Crippen LogP contribution >= 0.6 is 0 Å². The highest BCUT2D eigenvalue weighted by atomic mass is 32.2. The smallest absolute Gasteiger partial charge is 0.243 e. The van der Waals surface area contributed by atoms with Crippen molar-refractivity contribution in [3.63, 3.8) is 0 Å². The Labute approximate surface area is 160 Å². The summed E-state index contributed by atoms with van der Waals surface area (Å²) in [6, 6.07) is 15.7. The molecule has 2 rings (SSSR count). The third kappa shape index (κ3) is 6.20. The monoisotopic (exact) mass is 385 g/mol. The third-order valence-electron chi connectivity index (χ3n) is 3.77. The van der Waals surface area contributed by atoms with Crippen LogP contribution in [0.5, 0.6) is 0 Å². The van der Waals surface area contributed by atoms with Gasteiger partial charge in [-0.2, -0.15) is 4.31 Å². The molecular formula is C20H21N2O4S. The lowest BCUT2D eigenvalue weighted by atomic mass is 10.2. The number of rotatable bonds is 7. The molecule has 1 radical (unpaired) electrons. The number of benzene rings is 2. The summed E-state index contributed by atoms with van der Waals surface area (Å²) in [5.74, 6) is 6.23. The summed E-state index contributed by atoms with van der Waals surface area (Å²) in [4.78, 5) is 10.4. The van der Waals surface area contributed by atoms with Gasteiger partial charge in [-0.05, 0) is 31.2 Å². The Kier molecular flexibility index (Phi) is 7.11. The molecule has 0 aliphatic carbocycles. The number of nitrogens with zero attached hydrogens (tertiary/aromatic N) is 2. The van der Waals surface area contributed by atoms with Crippen LogP contribution in [-0.2, 0) is 10.0 Å². The molecule has 0 amide bonds. The zero-order valence-electron chi connectivity index (χ0n) is 15.3. The van der Waals surface area contributed by atoms with Gasteiger partial charge in [0.15, 0.2) is 0 Å². The Hall–Kier alpha value is -2.69. The van der Waals surface area contributed by atoms with Crippen molar-refractivity contribution in [3.05, 3.63) is 81.8 Å². The molecule has 0 bridgehead atoms. The van der Waals surface area contributed by atoms with Crippen molar-refractivity contribution in [1.29, 1.82) is 0 Å². The highest BCUT2D eigenvalue weighted by molar-refractivity contribution is 7.89. The van der Waals surface area contributed by atoms with Crippen molar-refractivity contribution in [3.8, 4) is 11.8 Å². The molecule has 0 saturated carbocycles. The van der Waals surface area contributed by atoms with Crippen LogP contribution < -0.4 is 0 Å². The highest BCUT2D eigenvalue weighted by Crippen LogP contribution is 2.18. The van der Waals surface area contributed by atoms with Gasteiger partial charge in [-0.3, -0.25) is 10.1 Å². The first-order valence-electron chi connectivity index (χ1n) is 8.33. The predicted molar refractivity (Wildman–Crippen MR) is 104 cm³/mol. The van der Waals surface area contributed by atoms with E-state index in [9.17, 15) is 18.5 Å². The number of hydrogen-bond donors (Lipinski definition) is 0. The summed E-state index contributed by atoms with van der Waals surface area (Å²) in [5, 5.41) is 10.7. The Morgan fingerprint density at radius 2 is 1.74 bits per heavy atom. The average molecular weight is 385 g/mol. The van der Waals surface area contributed by atoms with Crippen molar-refractivity contribution in [2.45, 2.75) is 18.7 Å². The fourth-order valence-electron chi connectivity index (χ4n) is 2.41. The second-order valence-corrected chi connectivity index (χ2v) is 8.14. The quantitative estimate of drug-likeness (QED) is 0.417. The molecule has 27 heavy (non-hydrogen) atoms. The molecule has 0 atom stereocenters. The lowest BCUT2D eigenvalue weighted by Gasteiger charge is -2.21. The minimum atomic E-state index is -3.82. The second-order valence-electron chi connectivity index (χ2n) is 6.20. The largest absolute Gasteiger partial charge is 0.265 e. The molecule has 0 unspecified atom stereocenters. The molecule has 141 valence electrons. The van der Waals surface area contributed by atoms with Gasteiger partial charge in [0.1, 0.15) is 0 Å². The first-order valence-corrected chi connectivity index (χ1v) is 9.77. The normalized spacial score (nSPS) is 11.3. The molecule has 0 heterocycles. The molecular weight excluding hydrogens is 364 g/mol. The van der Waals surface area contributed by atoms with E-state index in [4.69, 9.17) is 0 Å². The van der Waals surface area contributed by atoms with Crippen molar-refractivity contribution in [2.75, 3.05) is 19.6 Å². The number of sulfonamides is 1. The van der Waals surface area contributed by atoms with E-state index in [1.54, 1.807) is 19.1 Å². The molecule has 0 aliphatic heterocycles. The molecule has 6 nitrogen and oxygen atoms in total. The first kappa shape index (κ1) is 20.6. The van der Waals surface area contributed by atoms with E-state index in [1.165, 1.54) is 16.4 Å². The minimum Gasteiger partial charge on any atom is -0.265 e. The van der Waals surface area contributed by atoms with Crippen molar-refractivity contribution in [1.82, 2.24) is 4.31 Å². The second kappa shape index (κ2) is 9.31. The van der Waals surface area contributed by atoms with Crippen LogP contribution in [0.3, 0.4) is 0 Å². The topological polar surface area (TPSA) is 80.5 Å². The van der Waals surface area contributed by atoms with Gasteiger partial charge < -0.3 is 0 Å². The van der Waals surface area contributed by atoms with Crippen LogP contribution in [-0.4, -0.2) is 37.3 Å². The van der Waals surface area contributed by atoms with E-state index in [2.05, 4.69) is 11.8 Å². The van der Waals surface area contributed by atoms with Gasteiger partial charge in [0.2, 0.25) is 16.6 Å². The Balaban J connectivity index is 2.27. The highest BCUT2D eigenvalue weighted by Gasteiger charge is 2.27. The van der Waals surface area contributed by atoms with Crippen LogP contribution in [0.25, 0.3) is 0 Å². The average Bonchev–Trinajstić information content (AvgIpc) is 2.61. The Bertz CT molecular complexity index is 929. The van der Waals surface area contributed by atoms with Gasteiger partial charge in [-0.25, -0.2) is 8.42 Å². The van der Waals surface area contributed by atoms with E-state index in [-0.39, 0.29) is 24.5 Å². The summed E-state index contributed by atoms with van der Waals surface area (Å²) in [6.45, 7) is 2.95. The van der Waals surface area contributed by atoms with Gasteiger partial charge in [0.05, 0.1) is 17.4 Å². The lowest BCUT2D eigenvalue weighted by molar-refractivity contribution is -0.475. The van der Waals surface area contributed by atoms with E-state index < -0.39 is 14.9 Å². The lowest BCUT2D eigenvalue weighted by Crippen LogP contribution is -2.36. The van der Waals surface area contributed by atoms with E-state index in [0.717, 1.165) is 11.1 Å². The van der Waals surface area contributed by atoms with Crippen LogP contribution in [0.4, 0.5) is 0 Å². The SMILES string of the molecule is C[C](CN(CC#Cc1ccccc1)S(=O)(=O)c1ccc(C)cc1)C[N+](=O)[O-]. The zero-order chi connectivity index (χ0) is 19.9. The molecule has 2 aromatic rings. The van der Waals surface area contributed by atoms with Gasteiger partial charge >= 0.3 is 0 Å². The fraction of sp³-hybridized carbons (Fsp3) is 0.250.